The Morgan fingerprint density at radius 2 is 1.70 bits per heavy atom. The number of esters is 1. The molecule has 0 aliphatic carbocycles. The molecule has 6 nitrogen and oxygen atoms in total. The number of halogens is 1. The predicted octanol–water partition coefficient (Wildman–Crippen LogP) is 5.32. The van der Waals surface area contributed by atoms with E-state index in [1.54, 1.807) is 42.5 Å². The highest BCUT2D eigenvalue weighted by molar-refractivity contribution is 9.10. The van der Waals surface area contributed by atoms with Crippen LogP contribution >= 0.6 is 28.1 Å². The molecule has 0 aliphatic heterocycles. The van der Waals surface area contributed by atoms with E-state index in [0.29, 0.717) is 40.3 Å². The van der Waals surface area contributed by atoms with Crippen molar-refractivity contribution in [2.75, 3.05) is 18.5 Å². The van der Waals surface area contributed by atoms with Gasteiger partial charge in [-0.1, -0.05) is 20.3 Å². The highest BCUT2D eigenvalue weighted by Gasteiger charge is 2.12. The summed E-state index contributed by atoms with van der Waals surface area (Å²) in [4.78, 5) is 24.3. The Morgan fingerprint density at radius 1 is 1.00 bits per heavy atom. The zero-order valence-electron chi connectivity index (χ0n) is 17.0. The summed E-state index contributed by atoms with van der Waals surface area (Å²) in [7, 11) is 0. The van der Waals surface area contributed by atoms with Crippen LogP contribution in [0.2, 0.25) is 0 Å². The molecule has 2 aromatic rings. The second kappa shape index (κ2) is 12.3. The van der Waals surface area contributed by atoms with Gasteiger partial charge in [-0.3, -0.25) is 10.1 Å². The van der Waals surface area contributed by atoms with Gasteiger partial charge in [0.25, 0.3) is 5.91 Å². The van der Waals surface area contributed by atoms with Crippen molar-refractivity contribution in [1.29, 1.82) is 0 Å². The molecule has 0 saturated carbocycles. The number of benzene rings is 2. The largest absolute Gasteiger partial charge is 0.492 e. The number of nitrogens with one attached hydrogen (secondary N) is 2. The molecule has 160 valence electrons. The van der Waals surface area contributed by atoms with E-state index in [1.807, 2.05) is 6.92 Å². The summed E-state index contributed by atoms with van der Waals surface area (Å²) in [6.07, 6.45) is 2.79. The fourth-order valence-electron chi connectivity index (χ4n) is 2.39. The summed E-state index contributed by atoms with van der Waals surface area (Å²) >= 11 is 8.64. The molecule has 2 N–H and O–H groups in total. The Labute approximate surface area is 190 Å². The van der Waals surface area contributed by atoms with E-state index in [2.05, 4.69) is 33.5 Å². The predicted molar refractivity (Wildman–Crippen MR) is 125 cm³/mol. The average Bonchev–Trinajstić information content (AvgIpc) is 2.73. The van der Waals surface area contributed by atoms with E-state index in [4.69, 9.17) is 21.7 Å². The summed E-state index contributed by atoms with van der Waals surface area (Å²) < 4.78 is 11.5. The van der Waals surface area contributed by atoms with Crippen molar-refractivity contribution in [2.45, 2.75) is 33.1 Å². The van der Waals surface area contributed by atoms with E-state index in [9.17, 15) is 9.59 Å². The topological polar surface area (TPSA) is 76.7 Å². The minimum Gasteiger partial charge on any atom is -0.492 e. The zero-order valence-corrected chi connectivity index (χ0v) is 19.4. The quantitative estimate of drug-likeness (QED) is 0.280. The number of carbonyl (C=O) groups is 2. The normalized spacial score (nSPS) is 10.2. The van der Waals surface area contributed by atoms with Gasteiger partial charge >= 0.3 is 5.97 Å². The van der Waals surface area contributed by atoms with Gasteiger partial charge in [0.05, 0.1) is 23.2 Å². The molecule has 30 heavy (non-hydrogen) atoms. The molecule has 0 spiro atoms. The first-order valence-corrected chi connectivity index (χ1v) is 11.0. The maximum Gasteiger partial charge on any atom is 0.338 e. The van der Waals surface area contributed by atoms with Crippen LogP contribution in [-0.2, 0) is 4.74 Å². The Balaban J connectivity index is 1.90. The van der Waals surface area contributed by atoms with Gasteiger partial charge in [-0.2, -0.15) is 0 Å². The summed E-state index contributed by atoms with van der Waals surface area (Å²) in [6, 6.07) is 11.8. The van der Waals surface area contributed by atoms with Crippen molar-refractivity contribution < 1.29 is 19.1 Å². The van der Waals surface area contributed by atoms with Crippen LogP contribution in [0.15, 0.2) is 46.9 Å². The molecular weight excluding hydrogens is 468 g/mol. The zero-order chi connectivity index (χ0) is 21.9. The van der Waals surface area contributed by atoms with Crippen molar-refractivity contribution in [3.8, 4) is 5.75 Å². The van der Waals surface area contributed by atoms with Gasteiger partial charge in [-0.25, -0.2) is 4.79 Å². The van der Waals surface area contributed by atoms with Crippen molar-refractivity contribution >= 4 is 50.8 Å². The summed E-state index contributed by atoms with van der Waals surface area (Å²) in [6.45, 7) is 5.04. The Bertz CT molecular complexity index is 887. The number of carbonyl (C=O) groups excluding carboxylic acids is 2. The van der Waals surface area contributed by atoms with Gasteiger partial charge in [0.2, 0.25) is 0 Å². The molecule has 0 saturated heterocycles. The van der Waals surface area contributed by atoms with Gasteiger partial charge in [-0.05, 0) is 83.5 Å². The van der Waals surface area contributed by atoms with Crippen LogP contribution in [0.4, 0.5) is 5.69 Å². The molecule has 0 unspecified atom stereocenters. The molecule has 2 rings (SSSR count). The lowest BCUT2D eigenvalue weighted by molar-refractivity contribution is 0.0505. The average molecular weight is 493 g/mol. The van der Waals surface area contributed by atoms with Crippen LogP contribution in [0, 0.1) is 0 Å². The van der Waals surface area contributed by atoms with Gasteiger partial charge in [0, 0.05) is 11.3 Å². The summed E-state index contributed by atoms with van der Waals surface area (Å²) in [5.41, 5.74) is 1.55. The molecule has 0 fully saturated rings. The number of anilines is 1. The van der Waals surface area contributed by atoms with Gasteiger partial charge in [0.1, 0.15) is 5.75 Å². The third-order valence-electron chi connectivity index (χ3n) is 3.99. The van der Waals surface area contributed by atoms with Crippen LogP contribution in [0.1, 0.15) is 53.8 Å². The second-order valence-electron chi connectivity index (χ2n) is 6.47. The molecule has 0 heterocycles. The van der Waals surface area contributed by atoms with Crippen LogP contribution in [0.3, 0.4) is 0 Å². The first-order chi connectivity index (χ1) is 14.4. The first kappa shape index (κ1) is 23.8. The van der Waals surface area contributed by atoms with Crippen molar-refractivity contribution in [2.24, 2.45) is 0 Å². The van der Waals surface area contributed by atoms with Gasteiger partial charge < -0.3 is 14.8 Å². The number of thiocarbonyl (C=S) groups is 1. The highest BCUT2D eigenvalue weighted by atomic mass is 79.9. The second-order valence-corrected chi connectivity index (χ2v) is 7.73. The molecule has 1 amide bonds. The third kappa shape index (κ3) is 7.42. The van der Waals surface area contributed by atoms with Crippen molar-refractivity contribution in [1.82, 2.24) is 5.32 Å². The lowest BCUT2D eigenvalue weighted by Crippen LogP contribution is -2.34. The molecule has 0 aromatic heterocycles. The Morgan fingerprint density at radius 3 is 2.33 bits per heavy atom. The molecular formula is C22H25BrN2O4S. The van der Waals surface area contributed by atoms with E-state index in [0.717, 1.165) is 19.3 Å². The molecule has 2 aromatic carbocycles. The fourth-order valence-corrected chi connectivity index (χ4v) is 3.09. The van der Waals surface area contributed by atoms with Crippen LogP contribution < -0.4 is 15.4 Å². The first-order valence-electron chi connectivity index (χ1n) is 9.76. The molecule has 0 aliphatic rings. The monoisotopic (exact) mass is 492 g/mol. The number of hydrogen-bond acceptors (Lipinski definition) is 5. The number of unbranched alkanes of at least 4 members (excludes halogenated alkanes) is 1. The summed E-state index contributed by atoms with van der Waals surface area (Å²) in [5, 5.41) is 5.71. The number of hydrogen-bond donors (Lipinski definition) is 2. The standard InChI is InChI=1S/C22H25BrN2O4S/c1-3-5-13-28-19-11-8-16(14-18(19)23)20(26)25-22(30)24-17-9-6-15(7-10-17)21(27)29-12-4-2/h6-11,14H,3-5,12-13H2,1-2H3,(H2,24,25,26,30). The van der Waals surface area contributed by atoms with E-state index in [1.165, 1.54) is 0 Å². The minimum atomic E-state index is -0.369. The molecule has 8 heteroatoms. The SMILES string of the molecule is CCCCOc1ccc(C(=O)NC(=S)Nc2ccc(C(=O)OCCC)cc2)cc1Br. The van der Waals surface area contributed by atoms with Gasteiger partial charge in [0.15, 0.2) is 5.11 Å². The molecule has 0 radical (unpaired) electrons. The van der Waals surface area contributed by atoms with E-state index < -0.39 is 0 Å². The Hall–Kier alpha value is -2.45. The molecule has 0 bridgehead atoms. The number of rotatable bonds is 9. The lowest BCUT2D eigenvalue weighted by Gasteiger charge is -2.12. The Kier molecular flexibility index (Phi) is 9.76. The van der Waals surface area contributed by atoms with Crippen molar-refractivity contribution in [3.05, 3.63) is 58.1 Å². The third-order valence-corrected chi connectivity index (χ3v) is 4.82. The maximum absolute atomic E-state index is 12.5. The van der Waals surface area contributed by atoms with Crippen LogP contribution in [-0.4, -0.2) is 30.2 Å². The van der Waals surface area contributed by atoms with Crippen LogP contribution in [0.25, 0.3) is 0 Å². The van der Waals surface area contributed by atoms with Gasteiger partial charge in [-0.15, -0.1) is 0 Å². The van der Waals surface area contributed by atoms with E-state index >= 15 is 0 Å². The van der Waals surface area contributed by atoms with Crippen molar-refractivity contribution in [3.63, 3.8) is 0 Å². The highest BCUT2D eigenvalue weighted by Crippen LogP contribution is 2.26. The smallest absolute Gasteiger partial charge is 0.338 e. The maximum atomic E-state index is 12.5. The fraction of sp³-hybridized carbons (Fsp3) is 0.318. The number of ether oxygens (including phenoxy) is 2. The molecule has 0 atom stereocenters. The minimum absolute atomic E-state index is 0.153. The van der Waals surface area contributed by atoms with E-state index in [-0.39, 0.29) is 17.0 Å². The number of amides is 1. The lowest BCUT2D eigenvalue weighted by atomic mass is 10.2. The van der Waals surface area contributed by atoms with Crippen LogP contribution in [0.5, 0.6) is 5.75 Å². The summed E-state index contributed by atoms with van der Waals surface area (Å²) in [5.74, 6) is -0.0155.